The first-order chi connectivity index (χ1) is 18.2. The number of piperazine rings is 1. The number of nitrogens with zero attached hydrogens (tertiary/aromatic N) is 3. The minimum absolute atomic E-state index is 0.280. The predicted octanol–water partition coefficient (Wildman–Crippen LogP) is 2.49. The lowest BCUT2D eigenvalue weighted by Gasteiger charge is -2.36. The molecule has 194 valence electrons. The molecule has 0 bridgehead atoms. The fourth-order valence-electron chi connectivity index (χ4n) is 4.93. The van der Waals surface area contributed by atoms with Crippen LogP contribution in [-0.2, 0) is 16.4 Å². The van der Waals surface area contributed by atoms with Crippen molar-refractivity contribution in [3.05, 3.63) is 86.9 Å². The molecule has 3 N–H and O–H groups in total. The van der Waals surface area contributed by atoms with Crippen LogP contribution in [0.25, 0.3) is 33.5 Å². The number of aromatic nitrogens is 4. The zero-order chi connectivity index (χ0) is 26.4. The van der Waals surface area contributed by atoms with Gasteiger partial charge in [0.05, 0.1) is 27.1 Å². The molecule has 6 rings (SSSR count). The Morgan fingerprint density at radius 1 is 0.816 bits per heavy atom. The zero-order valence-electron chi connectivity index (χ0n) is 20.7. The molecule has 3 aromatic carbocycles. The number of nitrogens with one attached hydrogen (secondary N) is 3. The molecule has 0 atom stereocenters. The van der Waals surface area contributed by atoms with E-state index < -0.39 is 21.0 Å². The van der Waals surface area contributed by atoms with Crippen LogP contribution in [0.2, 0.25) is 0 Å². The molecule has 0 saturated carbocycles. The molecular formula is C27H26N6O4S. The van der Waals surface area contributed by atoms with Crippen molar-refractivity contribution in [1.82, 2.24) is 24.8 Å². The summed E-state index contributed by atoms with van der Waals surface area (Å²) in [6, 6.07) is 18.5. The highest BCUT2D eigenvalue weighted by Crippen LogP contribution is 2.29. The van der Waals surface area contributed by atoms with E-state index in [1.165, 1.54) is 6.26 Å². The van der Waals surface area contributed by atoms with Crippen LogP contribution in [-0.4, -0.2) is 65.7 Å². The van der Waals surface area contributed by atoms with Gasteiger partial charge in [0.15, 0.2) is 9.84 Å². The molecule has 0 amide bonds. The summed E-state index contributed by atoms with van der Waals surface area (Å²) in [5.41, 5.74) is 4.70. The second-order valence-electron chi connectivity index (χ2n) is 9.61. The first-order valence-corrected chi connectivity index (χ1v) is 14.2. The topological polar surface area (TPSA) is 135 Å². The molecule has 11 heteroatoms. The number of hydrogen-bond acceptors (Lipinski definition) is 7. The van der Waals surface area contributed by atoms with Crippen LogP contribution in [0.5, 0.6) is 0 Å². The number of rotatable bonds is 5. The van der Waals surface area contributed by atoms with Crippen molar-refractivity contribution in [2.24, 2.45) is 0 Å². The quantitative estimate of drug-likeness (QED) is 0.297. The Morgan fingerprint density at radius 3 is 2.24 bits per heavy atom. The zero-order valence-corrected chi connectivity index (χ0v) is 21.5. The number of imidazole rings is 1. The lowest BCUT2D eigenvalue weighted by molar-refractivity contribution is 0.250. The monoisotopic (exact) mass is 530 g/mol. The lowest BCUT2D eigenvalue weighted by Crippen LogP contribution is -2.46. The summed E-state index contributed by atoms with van der Waals surface area (Å²) in [4.78, 5) is 41.7. The number of anilines is 1. The molecule has 1 aliphatic heterocycles. The van der Waals surface area contributed by atoms with E-state index in [1.54, 1.807) is 24.3 Å². The predicted molar refractivity (Wildman–Crippen MR) is 147 cm³/mol. The highest BCUT2D eigenvalue weighted by atomic mass is 32.2. The van der Waals surface area contributed by atoms with Crippen molar-refractivity contribution in [2.75, 3.05) is 37.3 Å². The van der Waals surface area contributed by atoms with E-state index in [2.05, 4.69) is 30.8 Å². The van der Waals surface area contributed by atoms with Gasteiger partial charge in [-0.25, -0.2) is 13.4 Å². The molecule has 0 spiro atoms. The Kier molecular flexibility index (Phi) is 5.88. The van der Waals surface area contributed by atoms with E-state index in [1.807, 2.05) is 30.3 Å². The van der Waals surface area contributed by atoms with Crippen LogP contribution in [0.4, 0.5) is 5.69 Å². The Morgan fingerprint density at radius 2 is 1.53 bits per heavy atom. The first kappa shape index (κ1) is 24.1. The van der Waals surface area contributed by atoms with E-state index in [-0.39, 0.29) is 4.90 Å². The number of benzene rings is 3. The second-order valence-corrected chi connectivity index (χ2v) is 11.6. The van der Waals surface area contributed by atoms with Crippen molar-refractivity contribution in [1.29, 1.82) is 0 Å². The summed E-state index contributed by atoms with van der Waals surface area (Å²) in [6.45, 7) is 4.14. The molecule has 5 aromatic rings. The van der Waals surface area contributed by atoms with E-state index in [9.17, 15) is 18.0 Å². The Balaban J connectivity index is 1.18. The molecule has 0 radical (unpaired) electrons. The molecule has 1 fully saturated rings. The third kappa shape index (κ3) is 4.61. The minimum atomic E-state index is -3.25. The van der Waals surface area contributed by atoms with Crippen molar-refractivity contribution in [3.63, 3.8) is 0 Å². The minimum Gasteiger partial charge on any atom is -0.367 e. The van der Waals surface area contributed by atoms with Gasteiger partial charge in [-0.05, 0) is 54.1 Å². The number of hydrogen-bond donors (Lipinski definition) is 3. The van der Waals surface area contributed by atoms with Gasteiger partial charge in [-0.1, -0.05) is 12.1 Å². The van der Waals surface area contributed by atoms with Crippen molar-refractivity contribution in [3.8, 4) is 11.4 Å². The molecule has 3 heterocycles. The fourth-order valence-corrected chi connectivity index (χ4v) is 5.56. The largest absolute Gasteiger partial charge is 0.367 e. The highest BCUT2D eigenvalue weighted by molar-refractivity contribution is 7.90. The number of H-pyrrole nitrogens is 3. The first-order valence-electron chi connectivity index (χ1n) is 12.3. The second kappa shape index (κ2) is 9.26. The molecule has 38 heavy (non-hydrogen) atoms. The summed E-state index contributed by atoms with van der Waals surface area (Å²) in [7, 11) is -3.25. The van der Waals surface area contributed by atoms with Gasteiger partial charge in [0.1, 0.15) is 11.3 Å². The van der Waals surface area contributed by atoms with Gasteiger partial charge in [0.25, 0.3) is 0 Å². The summed E-state index contributed by atoms with van der Waals surface area (Å²) < 4.78 is 23.6. The van der Waals surface area contributed by atoms with E-state index in [0.717, 1.165) is 60.6 Å². The normalized spacial score (nSPS) is 14.9. The van der Waals surface area contributed by atoms with E-state index in [0.29, 0.717) is 16.9 Å². The van der Waals surface area contributed by atoms with Gasteiger partial charge in [0, 0.05) is 44.5 Å². The smallest absolute Gasteiger partial charge is 0.314 e. The Bertz CT molecular complexity index is 1880. The Labute approximate surface area is 217 Å². The fraction of sp³-hybridized carbons (Fsp3) is 0.222. The molecule has 10 nitrogen and oxygen atoms in total. The van der Waals surface area contributed by atoms with Gasteiger partial charge in [-0.3, -0.25) is 14.5 Å². The molecular weight excluding hydrogens is 504 g/mol. The summed E-state index contributed by atoms with van der Waals surface area (Å²) >= 11 is 0. The maximum atomic E-state index is 11.8. The summed E-state index contributed by atoms with van der Waals surface area (Å²) in [6.07, 6.45) is 1.20. The van der Waals surface area contributed by atoms with Crippen molar-refractivity contribution in [2.45, 2.75) is 11.4 Å². The number of fused-ring (bicyclic) bond motifs is 2. The van der Waals surface area contributed by atoms with Crippen LogP contribution < -0.4 is 16.0 Å². The van der Waals surface area contributed by atoms with Crippen LogP contribution in [0, 0.1) is 0 Å². The maximum absolute atomic E-state index is 11.8. The summed E-state index contributed by atoms with van der Waals surface area (Å²) in [5, 5.41) is 0. The molecule has 2 aromatic heterocycles. The van der Waals surface area contributed by atoms with Crippen molar-refractivity contribution < 1.29 is 8.42 Å². The third-order valence-corrected chi connectivity index (χ3v) is 8.08. The van der Waals surface area contributed by atoms with Gasteiger partial charge in [-0.2, -0.15) is 0 Å². The summed E-state index contributed by atoms with van der Waals surface area (Å²) in [5.74, 6) is 0.696. The standard InChI is InChI=1S/C27H26N6O4S/c1-38(36,37)19-8-6-18(7-9-19)25-28-21-3-2-4-23(24(21)31-25)33-13-11-32(12-14-33)16-17-5-10-20-22(15-17)30-27(35)26(34)29-20/h2-10,15H,11-14,16H2,1H3,(H,28,31)(H,29,34)(H,30,35). The molecule has 1 aliphatic rings. The molecule has 0 aliphatic carbocycles. The van der Waals surface area contributed by atoms with E-state index >= 15 is 0 Å². The van der Waals surface area contributed by atoms with Crippen LogP contribution in [0.15, 0.2) is 75.1 Å². The van der Waals surface area contributed by atoms with Crippen LogP contribution in [0.1, 0.15) is 5.56 Å². The number of aromatic amines is 3. The number of sulfone groups is 1. The number of para-hydroxylation sites is 1. The van der Waals surface area contributed by atoms with E-state index in [4.69, 9.17) is 4.98 Å². The van der Waals surface area contributed by atoms with Crippen molar-refractivity contribution >= 4 is 37.6 Å². The highest BCUT2D eigenvalue weighted by Gasteiger charge is 2.21. The SMILES string of the molecule is CS(=O)(=O)c1ccc(-c2nc3c(N4CCN(Cc5ccc6[nH]c(=O)c(=O)[nH]c6c5)CC4)cccc3[nH]2)cc1. The average Bonchev–Trinajstić information content (AvgIpc) is 3.34. The van der Waals surface area contributed by atoms with Crippen LogP contribution in [0.3, 0.4) is 0 Å². The Hall–Kier alpha value is -4.22. The van der Waals surface area contributed by atoms with Gasteiger partial charge in [-0.15, -0.1) is 0 Å². The van der Waals surface area contributed by atoms with Gasteiger partial charge in [0.2, 0.25) is 0 Å². The van der Waals surface area contributed by atoms with Gasteiger partial charge >= 0.3 is 11.1 Å². The van der Waals surface area contributed by atoms with Gasteiger partial charge < -0.3 is 19.9 Å². The molecule has 0 unspecified atom stereocenters. The maximum Gasteiger partial charge on any atom is 0.314 e. The molecule has 1 saturated heterocycles. The lowest BCUT2D eigenvalue weighted by atomic mass is 10.1. The third-order valence-electron chi connectivity index (χ3n) is 6.95. The van der Waals surface area contributed by atoms with Crippen LogP contribution >= 0.6 is 0 Å². The average molecular weight is 531 g/mol.